The molecule has 2 aliphatic carbocycles. The standard InChI is InChI=1S/C59H98N6O24/c1-30(66)77-35(24-27-60-49(71)85-54(4,5)6)46(70)63-38-42(78-31(2)67)39(65-53(75)89-58(16,17)18)44(82-47-34(62-51(73)87-56(10,11)12)23-22-33(80-47)28-61-50(72)86-55(7,8)9)40(69)43(38)83-48-45(79-32(3)68)37(64-52(74)88-57(13,14)15)41-36(81-48)29-76-59(84-41)25-20-19-21-26-59/h33-45,47-48,69H,19-29H2,1-18H3,(H,60,71)(H,61,72)(H,62,73)(H,63,70)(H,64,74)(H,65,75)/t33?,34?,35-,36?,37-,38+,39+,40?,41+,42?,43-,44?,45?,47+,48+/m0/s1. The summed E-state index contributed by atoms with van der Waals surface area (Å²) in [5.74, 6) is -5.14. The molecule has 1 spiro atoms. The third-order valence-corrected chi connectivity index (χ3v) is 13.8. The van der Waals surface area contributed by atoms with E-state index in [1.54, 1.807) is 104 Å². The number of ether oxygens (including phenoxy) is 14. The third kappa shape index (κ3) is 23.9. The van der Waals surface area contributed by atoms with Crippen LogP contribution in [0.4, 0.5) is 24.0 Å². The van der Waals surface area contributed by atoms with Crippen molar-refractivity contribution in [3.05, 3.63) is 0 Å². The van der Waals surface area contributed by atoms with Gasteiger partial charge in [0.2, 0.25) is 0 Å². The fraction of sp³-hybridized carbons (Fsp3) is 0.847. The molecule has 0 aromatic rings. The predicted octanol–water partition coefficient (Wildman–Crippen LogP) is 4.84. The fourth-order valence-electron chi connectivity index (χ4n) is 10.6. The van der Waals surface area contributed by atoms with E-state index in [-0.39, 0.29) is 32.5 Å². The van der Waals surface area contributed by atoms with E-state index < -0.39 is 186 Å². The van der Waals surface area contributed by atoms with Crippen molar-refractivity contribution >= 4 is 54.3 Å². The van der Waals surface area contributed by atoms with E-state index in [1.165, 1.54) is 0 Å². The van der Waals surface area contributed by atoms with Gasteiger partial charge < -0.3 is 103 Å². The van der Waals surface area contributed by atoms with Crippen LogP contribution < -0.4 is 31.9 Å². The predicted molar refractivity (Wildman–Crippen MR) is 310 cm³/mol. The summed E-state index contributed by atoms with van der Waals surface area (Å²) >= 11 is 0. The molecule has 3 saturated heterocycles. The lowest BCUT2D eigenvalue weighted by atomic mass is 9.80. The van der Waals surface area contributed by atoms with Crippen LogP contribution in [0.2, 0.25) is 0 Å². The van der Waals surface area contributed by atoms with Gasteiger partial charge in [-0.25, -0.2) is 24.0 Å². The van der Waals surface area contributed by atoms with Gasteiger partial charge in [0.15, 0.2) is 30.6 Å². The molecule has 30 nitrogen and oxygen atoms in total. The molecule has 2 saturated carbocycles. The lowest BCUT2D eigenvalue weighted by Crippen LogP contribution is -2.76. The number of fused-ring (bicyclic) bond motifs is 1. The molecule has 3 heterocycles. The highest BCUT2D eigenvalue weighted by Gasteiger charge is 2.61. The van der Waals surface area contributed by atoms with Crippen molar-refractivity contribution in [2.45, 2.75) is 301 Å². The van der Waals surface area contributed by atoms with E-state index in [0.29, 0.717) is 12.8 Å². The quantitative estimate of drug-likeness (QED) is 0.0757. The van der Waals surface area contributed by atoms with Crippen LogP contribution in [0.15, 0.2) is 0 Å². The number of alkyl carbamates (subject to hydrolysis) is 5. The van der Waals surface area contributed by atoms with Gasteiger partial charge in [-0.2, -0.15) is 0 Å². The molecule has 15 atom stereocenters. The molecule has 7 N–H and O–H groups in total. The van der Waals surface area contributed by atoms with Crippen molar-refractivity contribution in [2.24, 2.45) is 0 Å². The number of amides is 6. The van der Waals surface area contributed by atoms with E-state index in [9.17, 15) is 48.3 Å². The number of hydrogen-bond donors (Lipinski definition) is 7. The average Bonchev–Trinajstić information content (AvgIpc) is 0.789. The molecular formula is C59H98N6O24. The van der Waals surface area contributed by atoms with Gasteiger partial charge in [0, 0.05) is 53.1 Å². The minimum atomic E-state index is -2.21. The first-order valence-corrected chi connectivity index (χ1v) is 30.3. The normalized spacial score (nSPS) is 29.2. The molecule has 0 aromatic heterocycles. The van der Waals surface area contributed by atoms with Crippen LogP contribution in [-0.4, -0.2) is 205 Å². The minimum absolute atomic E-state index is 0.0733. The molecule has 0 bridgehead atoms. The number of carbonyl (C=O) groups is 9. The Labute approximate surface area is 520 Å². The number of aliphatic hydroxyl groups excluding tert-OH is 1. The first kappa shape index (κ1) is 73.7. The molecule has 3 aliphatic heterocycles. The number of esters is 3. The number of nitrogens with one attached hydrogen (secondary N) is 6. The SMILES string of the molecule is CC(=O)OC1[C@@H](O[C@@H]2C(O)C(O[C@H]3OC(CNC(=O)OC(C)(C)C)CCC3NC(=O)OC(C)(C)C)[C@H](NC(=O)OC(C)(C)C)C(OC(C)=O)[C@H]2NC(=O)[C@H](CCNC(=O)OC(C)(C)C)OC(C)=O)OC2COC3(CCCCC3)O[C@H]2[C@@H]1NC(=O)OC(C)(C)C. The molecule has 89 heavy (non-hydrogen) atoms. The Morgan fingerprint density at radius 1 is 0.528 bits per heavy atom. The Morgan fingerprint density at radius 3 is 1.52 bits per heavy atom. The van der Waals surface area contributed by atoms with Crippen LogP contribution in [0.25, 0.3) is 0 Å². The van der Waals surface area contributed by atoms with Crippen LogP contribution in [0, 0.1) is 0 Å². The van der Waals surface area contributed by atoms with Crippen molar-refractivity contribution in [3.8, 4) is 0 Å². The van der Waals surface area contributed by atoms with Crippen LogP contribution in [-0.2, 0) is 85.5 Å². The van der Waals surface area contributed by atoms with E-state index in [2.05, 4.69) is 31.9 Å². The first-order valence-electron chi connectivity index (χ1n) is 30.3. The summed E-state index contributed by atoms with van der Waals surface area (Å²) in [6.07, 6.45) is -19.7. The summed E-state index contributed by atoms with van der Waals surface area (Å²) in [5.41, 5.74) is -5.02. The second kappa shape index (κ2) is 30.4. The Hall–Kier alpha value is -6.05. The fourth-order valence-corrected chi connectivity index (χ4v) is 10.6. The smallest absolute Gasteiger partial charge is 0.408 e. The summed E-state index contributed by atoms with van der Waals surface area (Å²) in [5, 5.41) is 29.5. The van der Waals surface area contributed by atoms with Gasteiger partial charge in [0.25, 0.3) is 5.91 Å². The maximum atomic E-state index is 15.0. The lowest BCUT2D eigenvalue weighted by Gasteiger charge is -2.54. The summed E-state index contributed by atoms with van der Waals surface area (Å²) in [4.78, 5) is 122. The maximum absolute atomic E-state index is 15.0. The summed E-state index contributed by atoms with van der Waals surface area (Å²) < 4.78 is 85.4. The Bertz CT molecular complexity index is 2460. The molecule has 0 radical (unpaired) electrons. The monoisotopic (exact) mass is 1270 g/mol. The van der Waals surface area contributed by atoms with Crippen molar-refractivity contribution in [1.82, 2.24) is 31.9 Å². The van der Waals surface area contributed by atoms with E-state index in [0.717, 1.165) is 40.0 Å². The van der Waals surface area contributed by atoms with Crippen LogP contribution in [0.1, 0.15) is 176 Å². The van der Waals surface area contributed by atoms with Gasteiger partial charge in [0.05, 0.1) is 24.8 Å². The molecular weight excluding hydrogens is 1180 g/mol. The topological polar surface area (TPSA) is 375 Å². The zero-order valence-electron chi connectivity index (χ0n) is 54.8. The lowest BCUT2D eigenvalue weighted by molar-refractivity contribution is -0.390. The van der Waals surface area contributed by atoms with Crippen LogP contribution in [0.5, 0.6) is 0 Å². The molecule has 7 unspecified atom stereocenters. The molecule has 6 amide bonds. The molecule has 0 aromatic carbocycles. The van der Waals surface area contributed by atoms with E-state index >= 15 is 0 Å². The molecule has 5 aliphatic rings. The highest BCUT2D eigenvalue weighted by molar-refractivity contribution is 5.84. The van der Waals surface area contributed by atoms with Gasteiger partial charge in [-0.3, -0.25) is 19.2 Å². The minimum Gasteiger partial charge on any atom is -0.458 e. The van der Waals surface area contributed by atoms with Crippen molar-refractivity contribution < 1.29 is 115 Å². The van der Waals surface area contributed by atoms with Crippen molar-refractivity contribution in [1.29, 1.82) is 0 Å². The average molecular weight is 1280 g/mol. The zero-order valence-corrected chi connectivity index (χ0v) is 54.8. The van der Waals surface area contributed by atoms with Gasteiger partial charge in [-0.1, -0.05) is 6.42 Å². The van der Waals surface area contributed by atoms with Crippen molar-refractivity contribution in [2.75, 3.05) is 19.7 Å². The second-order valence-corrected chi connectivity index (χ2v) is 27.8. The van der Waals surface area contributed by atoms with Crippen molar-refractivity contribution in [3.63, 3.8) is 0 Å². The van der Waals surface area contributed by atoms with Crippen LogP contribution >= 0.6 is 0 Å². The van der Waals surface area contributed by atoms with E-state index in [4.69, 9.17) is 66.3 Å². The van der Waals surface area contributed by atoms with Gasteiger partial charge in [0.1, 0.15) is 76.7 Å². The van der Waals surface area contributed by atoms with Gasteiger partial charge >= 0.3 is 48.4 Å². The first-order chi connectivity index (χ1) is 41.0. The molecule has 30 heteroatoms. The second-order valence-electron chi connectivity index (χ2n) is 27.8. The largest absolute Gasteiger partial charge is 0.458 e. The Balaban J connectivity index is 1.73. The number of hydrogen-bond acceptors (Lipinski definition) is 24. The third-order valence-electron chi connectivity index (χ3n) is 13.8. The number of carbonyl (C=O) groups excluding carboxylic acids is 9. The summed E-state index contributed by atoms with van der Waals surface area (Å²) in [6.45, 7) is 26.9. The number of rotatable bonds is 17. The highest BCUT2D eigenvalue weighted by atomic mass is 16.8. The summed E-state index contributed by atoms with van der Waals surface area (Å²) in [6, 6.07) is -6.24. The van der Waals surface area contributed by atoms with Gasteiger partial charge in [-0.05, 0) is 130 Å². The molecule has 508 valence electrons. The molecule has 5 rings (SSSR count). The Kier molecular flexibility index (Phi) is 25.2. The van der Waals surface area contributed by atoms with E-state index in [1.807, 2.05) is 0 Å². The highest BCUT2D eigenvalue weighted by Crippen LogP contribution is 2.43. The van der Waals surface area contributed by atoms with Crippen LogP contribution in [0.3, 0.4) is 0 Å². The maximum Gasteiger partial charge on any atom is 0.408 e. The zero-order chi connectivity index (χ0) is 66.8. The summed E-state index contributed by atoms with van der Waals surface area (Å²) in [7, 11) is 0. The Morgan fingerprint density at radius 2 is 1.00 bits per heavy atom. The molecule has 5 fully saturated rings. The number of aliphatic hydroxyl groups is 1. The van der Waals surface area contributed by atoms with Gasteiger partial charge in [-0.15, -0.1) is 0 Å².